The van der Waals surface area contributed by atoms with E-state index in [-0.39, 0.29) is 37.4 Å². The Morgan fingerprint density at radius 3 is 2.21 bits per heavy atom. The van der Waals surface area contributed by atoms with E-state index in [4.69, 9.17) is 23.2 Å². The first-order chi connectivity index (χ1) is 18.0. The Morgan fingerprint density at radius 2 is 1.72 bits per heavy atom. The van der Waals surface area contributed by atoms with Crippen LogP contribution in [0.1, 0.15) is 40.1 Å². The number of benzene rings is 1. The molecule has 12 nitrogen and oxygen atoms in total. The number of aromatic nitrogens is 6. The minimum atomic E-state index is -3.65. The average molecular weight is 629 g/mol. The molecule has 0 atom stereocenters. The number of aryl methyl sites for hydroxylation is 1. The normalized spacial score (nSPS) is 11.7. The summed E-state index contributed by atoms with van der Waals surface area (Å²) < 4.78 is 51.3. The summed E-state index contributed by atoms with van der Waals surface area (Å²) in [5.74, 6) is 1.00. The molecule has 3 rings (SSSR count). The van der Waals surface area contributed by atoms with Gasteiger partial charge in [0.15, 0.2) is 5.16 Å². The second-order valence-electron chi connectivity index (χ2n) is 8.92. The monoisotopic (exact) mass is 627 g/mol. The fourth-order valence-corrected chi connectivity index (χ4v) is 4.40. The van der Waals surface area contributed by atoms with Crippen molar-refractivity contribution in [1.29, 1.82) is 0 Å². The lowest BCUT2D eigenvalue weighted by molar-refractivity contribution is 0.0640. The Balaban J connectivity index is 0.000000293. The predicted molar refractivity (Wildman–Crippen MR) is 151 cm³/mol. The smallest absolute Gasteiger partial charge is 0.354 e. The van der Waals surface area contributed by atoms with E-state index in [0.717, 1.165) is 24.0 Å². The highest BCUT2D eigenvalue weighted by Gasteiger charge is 2.21. The first-order valence-electron chi connectivity index (χ1n) is 11.2. The zero-order valence-electron chi connectivity index (χ0n) is 22.2. The van der Waals surface area contributed by atoms with Gasteiger partial charge < -0.3 is 10.6 Å². The van der Waals surface area contributed by atoms with Crippen molar-refractivity contribution in [3.63, 3.8) is 0 Å². The summed E-state index contributed by atoms with van der Waals surface area (Å²) in [7, 11) is -3.65. The third kappa shape index (κ3) is 9.47. The van der Waals surface area contributed by atoms with E-state index in [1.54, 1.807) is 0 Å². The molecule has 0 fully saturated rings. The van der Waals surface area contributed by atoms with Gasteiger partial charge in [-0.3, -0.25) is 4.72 Å². The van der Waals surface area contributed by atoms with Crippen LogP contribution in [0.4, 0.5) is 26.4 Å². The number of nitrogens with one attached hydrogen (secondary N) is 3. The number of nitrogens with zero attached hydrogens (tertiary/aromatic N) is 6. The summed E-state index contributed by atoms with van der Waals surface area (Å²) in [6.45, 7) is 7.18. The van der Waals surface area contributed by atoms with Crippen molar-refractivity contribution in [3.8, 4) is 5.69 Å². The molecular formula is C21H29Cl2F2N9O3S2. The summed E-state index contributed by atoms with van der Waals surface area (Å²) >= 11 is 13.3. The molecule has 0 aliphatic carbocycles. The van der Waals surface area contributed by atoms with Crippen molar-refractivity contribution in [2.24, 2.45) is 0 Å². The van der Waals surface area contributed by atoms with Gasteiger partial charge in [-0.15, -0.1) is 5.10 Å². The van der Waals surface area contributed by atoms with E-state index in [1.807, 2.05) is 13.2 Å². The summed E-state index contributed by atoms with van der Waals surface area (Å²) in [6, 6.07) is 2.31. The van der Waals surface area contributed by atoms with Crippen LogP contribution in [0.2, 0.25) is 10.0 Å². The lowest BCUT2D eigenvalue weighted by atomic mass is 10.1. The van der Waals surface area contributed by atoms with E-state index in [2.05, 4.69) is 56.2 Å². The van der Waals surface area contributed by atoms with Gasteiger partial charge in [0, 0.05) is 12.1 Å². The molecule has 0 radical (unpaired) electrons. The zero-order valence-corrected chi connectivity index (χ0v) is 25.3. The predicted octanol–water partition coefficient (Wildman–Crippen LogP) is 4.65. The Hall–Kier alpha value is -2.69. The van der Waals surface area contributed by atoms with Crippen molar-refractivity contribution < 1.29 is 17.2 Å². The Bertz CT molecular complexity index is 1480. The molecule has 0 aliphatic heterocycles. The first kappa shape index (κ1) is 32.5. The quantitative estimate of drug-likeness (QED) is 0.301. The van der Waals surface area contributed by atoms with Gasteiger partial charge in [0.05, 0.1) is 27.7 Å². The molecule has 0 saturated carbocycles. The van der Waals surface area contributed by atoms with Gasteiger partial charge in [-0.1, -0.05) is 35.0 Å². The molecule has 0 spiro atoms. The molecule has 0 bridgehead atoms. The fourth-order valence-electron chi connectivity index (χ4n) is 2.91. The highest BCUT2D eigenvalue weighted by molar-refractivity contribution is 7.98. The topological polar surface area (TPSA) is 149 Å². The van der Waals surface area contributed by atoms with Crippen molar-refractivity contribution >= 4 is 62.6 Å². The highest BCUT2D eigenvalue weighted by atomic mass is 35.5. The van der Waals surface area contributed by atoms with Crippen LogP contribution < -0.4 is 21.0 Å². The molecule has 2 aromatic heterocycles. The van der Waals surface area contributed by atoms with Crippen LogP contribution in [-0.2, 0) is 10.0 Å². The minimum Gasteiger partial charge on any atom is -0.354 e. The highest BCUT2D eigenvalue weighted by Crippen LogP contribution is 2.31. The third-order valence-electron chi connectivity index (χ3n) is 4.36. The molecule has 0 unspecified atom stereocenters. The number of rotatable bonds is 8. The van der Waals surface area contributed by atoms with Gasteiger partial charge in [-0.05, 0) is 53.0 Å². The molecule has 0 amide bonds. The minimum absolute atomic E-state index is 0.0257. The lowest BCUT2D eigenvalue weighted by Crippen LogP contribution is -2.27. The van der Waals surface area contributed by atoms with Crippen LogP contribution in [0.5, 0.6) is 0 Å². The van der Waals surface area contributed by atoms with Crippen molar-refractivity contribution in [2.45, 2.75) is 51.9 Å². The number of anilines is 3. The molecule has 3 aromatic rings. The molecule has 0 aliphatic rings. The van der Waals surface area contributed by atoms with Gasteiger partial charge in [0.1, 0.15) is 5.82 Å². The van der Waals surface area contributed by atoms with Gasteiger partial charge >= 0.3 is 12.2 Å². The van der Waals surface area contributed by atoms with Gasteiger partial charge in [-0.2, -0.15) is 28.4 Å². The number of sulfonamides is 1. The largest absolute Gasteiger partial charge is 0.355 e. The standard InChI is InChI=1S/C11H10Cl2F2N4O3S.C10H19N5S/c1-5-16-19(11(20)18(5)10(14)15)9-4-8(17-23(2,21)22)6(12)3-7(9)13;1-6-11-7-12-8(15-10(2,3)4)14-9(13-7)16-5/h3-4,10,17H,1-2H3;6H2,1-5H3,(H2,11,12,13,14,15). The molecule has 3 N–H and O–H groups in total. The number of halogens is 4. The van der Waals surface area contributed by atoms with Crippen LogP contribution in [0.25, 0.3) is 5.69 Å². The van der Waals surface area contributed by atoms with E-state index in [0.29, 0.717) is 16.6 Å². The molecule has 1 aromatic carbocycles. The SMILES string of the molecule is CCNc1nc(NC(C)(C)C)nc(SC)n1.Cc1nn(-c2cc(NS(C)(=O)=O)c(Cl)cc2Cl)c(=O)n1C(F)F. The Labute approximate surface area is 239 Å². The number of alkyl halides is 2. The van der Waals surface area contributed by atoms with E-state index >= 15 is 0 Å². The second kappa shape index (κ2) is 13.1. The fraction of sp³-hybridized carbons (Fsp3) is 0.476. The van der Waals surface area contributed by atoms with Gasteiger partial charge in [-0.25, -0.2) is 17.8 Å². The summed E-state index contributed by atoms with van der Waals surface area (Å²) in [4.78, 5) is 24.9. The Kier molecular flexibility index (Phi) is 10.9. The summed E-state index contributed by atoms with van der Waals surface area (Å²) in [5.41, 5.74) is -1.33. The van der Waals surface area contributed by atoms with Crippen LogP contribution in [0.3, 0.4) is 0 Å². The molecule has 18 heteroatoms. The van der Waals surface area contributed by atoms with Crippen LogP contribution in [0.15, 0.2) is 22.1 Å². The van der Waals surface area contributed by atoms with Crippen LogP contribution in [0, 0.1) is 6.92 Å². The third-order valence-corrected chi connectivity index (χ3v) is 6.11. The molecule has 2 heterocycles. The maximum atomic E-state index is 12.8. The van der Waals surface area contributed by atoms with Crippen molar-refractivity contribution in [2.75, 3.05) is 34.4 Å². The molecule has 0 saturated heterocycles. The average Bonchev–Trinajstić information content (AvgIpc) is 3.07. The maximum absolute atomic E-state index is 12.8. The van der Waals surface area contributed by atoms with E-state index in [9.17, 15) is 22.0 Å². The van der Waals surface area contributed by atoms with Gasteiger partial charge in [0.2, 0.25) is 21.9 Å². The van der Waals surface area contributed by atoms with E-state index < -0.39 is 22.3 Å². The summed E-state index contributed by atoms with van der Waals surface area (Å²) in [6.07, 6.45) is 2.85. The van der Waals surface area contributed by atoms with E-state index in [1.165, 1.54) is 24.8 Å². The van der Waals surface area contributed by atoms with Crippen molar-refractivity contribution in [1.82, 2.24) is 29.3 Å². The van der Waals surface area contributed by atoms with Gasteiger partial charge in [0.25, 0.3) is 0 Å². The van der Waals surface area contributed by atoms with Crippen molar-refractivity contribution in [3.05, 3.63) is 38.5 Å². The number of hydrogen-bond acceptors (Lipinski definition) is 10. The van der Waals surface area contributed by atoms with Crippen LogP contribution >= 0.6 is 35.0 Å². The Morgan fingerprint density at radius 1 is 1.10 bits per heavy atom. The molecular weight excluding hydrogens is 599 g/mol. The number of thioether (sulfide) groups is 1. The summed E-state index contributed by atoms with van der Waals surface area (Å²) in [5, 5.41) is 10.7. The second-order valence-corrected chi connectivity index (χ2v) is 12.3. The maximum Gasteiger partial charge on any atom is 0.355 e. The first-order valence-corrected chi connectivity index (χ1v) is 15.1. The number of hydrogen-bond donors (Lipinski definition) is 3. The van der Waals surface area contributed by atoms with Crippen LogP contribution in [-0.4, -0.2) is 62.3 Å². The zero-order chi connectivity index (χ0) is 29.7. The molecule has 216 valence electrons. The lowest BCUT2D eigenvalue weighted by Gasteiger charge is -2.20. The molecule has 39 heavy (non-hydrogen) atoms.